The summed E-state index contributed by atoms with van der Waals surface area (Å²) >= 11 is 0. The number of carbonyl (C=O) groups excluding carboxylic acids is 1. The molecule has 1 amide bonds. The van der Waals surface area contributed by atoms with Crippen molar-refractivity contribution in [3.8, 4) is 0 Å². The molecule has 0 radical (unpaired) electrons. The van der Waals surface area contributed by atoms with Crippen molar-refractivity contribution in [3.05, 3.63) is 69.8 Å². The molecule has 0 fully saturated rings. The Morgan fingerprint density at radius 2 is 1.67 bits per heavy atom. The number of hydrogen-bond donors (Lipinski definition) is 2. The number of para-hydroxylation sites is 1. The van der Waals surface area contributed by atoms with Crippen LogP contribution < -0.4 is 10.0 Å². The predicted octanol–water partition coefficient (Wildman–Crippen LogP) is 2.60. The van der Waals surface area contributed by atoms with Crippen molar-refractivity contribution in [2.24, 2.45) is 0 Å². The third-order valence-electron chi connectivity index (χ3n) is 3.49. The number of nitrogens with one attached hydrogen (secondary N) is 2. The van der Waals surface area contributed by atoms with E-state index in [4.69, 9.17) is 0 Å². The van der Waals surface area contributed by atoms with Crippen molar-refractivity contribution >= 4 is 21.6 Å². The fourth-order valence-electron chi connectivity index (χ4n) is 2.47. The molecule has 0 atom stereocenters. The zero-order chi connectivity index (χ0) is 20.2. The Bertz CT molecular complexity index is 965. The highest BCUT2D eigenvalue weighted by Crippen LogP contribution is 2.20. The van der Waals surface area contributed by atoms with Crippen molar-refractivity contribution in [1.82, 2.24) is 10.0 Å². The van der Waals surface area contributed by atoms with Gasteiger partial charge in [0.2, 0.25) is 10.0 Å². The first kappa shape index (κ1) is 20.5. The van der Waals surface area contributed by atoms with Gasteiger partial charge in [-0.05, 0) is 38.5 Å². The molecule has 2 rings (SSSR count). The standard InChI is InChI=1S/C18H21N3O5S/c1-18(2,3)20-27(25,26)16-11-7-4-8-13(16)12-19-17(22)14-9-5-6-10-15(14)21(23)24/h4-11,20H,12H2,1-3H3,(H,19,22). The second-order valence-electron chi connectivity index (χ2n) is 6.92. The molecular weight excluding hydrogens is 370 g/mol. The van der Waals surface area contributed by atoms with Crippen LogP contribution in [0.25, 0.3) is 0 Å². The highest BCUT2D eigenvalue weighted by molar-refractivity contribution is 7.89. The van der Waals surface area contributed by atoms with Crippen LogP contribution in [-0.4, -0.2) is 24.8 Å². The van der Waals surface area contributed by atoms with Crippen LogP contribution in [-0.2, 0) is 16.6 Å². The van der Waals surface area contributed by atoms with E-state index in [1.165, 1.54) is 30.3 Å². The first-order valence-corrected chi connectivity index (χ1v) is 9.63. The van der Waals surface area contributed by atoms with E-state index in [-0.39, 0.29) is 22.7 Å². The van der Waals surface area contributed by atoms with Gasteiger partial charge in [0.1, 0.15) is 5.56 Å². The number of nitro benzene ring substituents is 1. The van der Waals surface area contributed by atoms with Crippen molar-refractivity contribution in [2.75, 3.05) is 0 Å². The van der Waals surface area contributed by atoms with Gasteiger partial charge in [-0.15, -0.1) is 0 Å². The van der Waals surface area contributed by atoms with E-state index in [1.54, 1.807) is 39.0 Å². The molecule has 0 aliphatic rings. The number of hydrogen-bond acceptors (Lipinski definition) is 5. The Morgan fingerprint density at radius 1 is 1.07 bits per heavy atom. The average Bonchev–Trinajstić information content (AvgIpc) is 2.57. The minimum Gasteiger partial charge on any atom is -0.348 e. The van der Waals surface area contributed by atoms with Crippen LogP contribution in [0.4, 0.5) is 5.69 Å². The van der Waals surface area contributed by atoms with Crippen LogP contribution in [0.5, 0.6) is 0 Å². The van der Waals surface area contributed by atoms with E-state index >= 15 is 0 Å². The number of carbonyl (C=O) groups is 1. The van der Waals surface area contributed by atoms with Gasteiger partial charge in [0.15, 0.2) is 0 Å². The smallest absolute Gasteiger partial charge is 0.282 e. The van der Waals surface area contributed by atoms with Gasteiger partial charge >= 0.3 is 0 Å². The molecule has 144 valence electrons. The summed E-state index contributed by atoms with van der Waals surface area (Å²) in [6.07, 6.45) is 0. The Kier molecular flexibility index (Phi) is 5.97. The van der Waals surface area contributed by atoms with Gasteiger partial charge in [0.25, 0.3) is 11.6 Å². The maximum atomic E-state index is 12.6. The summed E-state index contributed by atoms with van der Waals surface area (Å²) < 4.78 is 27.8. The van der Waals surface area contributed by atoms with Crippen LogP contribution in [0.3, 0.4) is 0 Å². The third kappa shape index (κ3) is 5.35. The Labute approximate surface area is 157 Å². The number of sulfonamides is 1. The minimum absolute atomic E-state index is 0.0442. The molecule has 0 bridgehead atoms. The molecule has 0 unspecified atom stereocenters. The molecule has 2 N–H and O–H groups in total. The number of amides is 1. The second-order valence-corrected chi connectivity index (χ2v) is 8.57. The van der Waals surface area contributed by atoms with Gasteiger partial charge < -0.3 is 5.32 Å². The molecule has 0 aliphatic heterocycles. The van der Waals surface area contributed by atoms with E-state index in [2.05, 4.69) is 10.0 Å². The van der Waals surface area contributed by atoms with Gasteiger partial charge in [-0.3, -0.25) is 14.9 Å². The maximum Gasteiger partial charge on any atom is 0.282 e. The lowest BCUT2D eigenvalue weighted by atomic mass is 10.1. The monoisotopic (exact) mass is 391 g/mol. The highest BCUT2D eigenvalue weighted by Gasteiger charge is 2.25. The number of nitro groups is 1. The lowest BCUT2D eigenvalue weighted by Crippen LogP contribution is -2.41. The summed E-state index contributed by atoms with van der Waals surface area (Å²) in [5.74, 6) is -0.654. The summed E-state index contributed by atoms with van der Waals surface area (Å²) in [5, 5.41) is 13.6. The minimum atomic E-state index is -3.79. The van der Waals surface area contributed by atoms with Crippen molar-refractivity contribution in [3.63, 3.8) is 0 Å². The van der Waals surface area contributed by atoms with Crippen molar-refractivity contribution in [2.45, 2.75) is 37.8 Å². The van der Waals surface area contributed by atoms with Gasteiger partial charge in [-0.2, -0.15) is 0 Å². The largest absolute Gasteiger partial charge is 0.348 e. The van der Waals surface area contributed by atoms with Gasteiger partial charge in [-0.25, -0.2) is 13.1 Å². The molecule has 0 saturated carbocycles. The van der Waals surface area contributed by atoms with Crippen LogP contribution in [0.2, 0.25) is 0 Å². The fourth-order valence-corrected chi connectivity index (χ4v) is 4.12. The summed E-state index contributed by atoms with van der Waals surface area (Å²) in [6, 6.07) is 11.8. The molecule has 27 heavy (non-hydrogen) atoms. The fraction of sp³-hybridized carbons (Fsp3) is 0.278. The van der Waals surface area contributed by atoms with E-state index in [0.29, 0.717) is 5.56 Å². The Balaban J connectivity index is 2.25. The Morgan fingerprint density at radius 3 is 2.30 bits per heavy atom. The maximum absolute atomic E-state index is 12.6. The zero-order valence-electron chi connectivity index (χ0n) is 15.2. The Hall–Kier alpha value is -2.78. The molecule has 0 saturated heterocycles. The topological polar surface area (TPSA) is 118 Å². The highest BCUT2D eigenvalue weighted by atomic mass is 32.2. The van der Waals surface area contributed by atoms with Crippen molar-refractivity contribution in [1.29, 1.82) is 0 Å². The first-order chi connectivity index (χ1) is 12.5. The molecule has 0 aromatic heterocycles. The molecule has 2 aromatic rings. The number of nitrogens with zero attached hydrogens (tertiary/aromatic N) is 1. The number of benzene rings is 2. The van der Waals surface area contributed by atoms with Crippen LogP contribution >= 0.6 is 0 Å². The quantitative estimate of drug-likeness (QED) is 0.579. The van der Waals surface area contributed by atoms with Crippen LogP contribution in [0.15, 0.2) is 53.4 Å². The molecule has 0 spiro atoms. The SMILES string of the molecule is CC(C)(C)NS(=O)(=O)c1ccccc1CNC(=O)c1ccccc1[N+](=O)[O-]. The molecule has 0 aliphatic carbocycles. The zero-order valence-corrected chi connectivity index (χ0v) is 16.0. The van der Waals surface area contributed by atoms with Crippen LogP contribution in [0.1, 0.15) is 36.7 Å². The van der Waals surface area contributed by atoms with E-state index in [1.807, 2.05) is 0 Å². The molecule has 9 heteroatoms. The van der Waals surface area contributed by atoms with E-state index in [9.17, 15) is 23.3 Å². The first-order valence-electron chi connectivity index (χ1n) is 8.15. The molecular formula is C18H21N3O5S. The second kappa shape index (κ2) is 7.85. The normalized spacial score (nSPS) is 11.8. The summed E-state index contributed by atoms with van der Waals surface area (Å²) in [4.78, 5) is 22.8. The van der Waals surface area contributed by atoms with E-state index in [0.717, 1.165) is 0 Å². The lowest BCUT2D eigenvalue weighted by Gasteiger charge is -2.21. The van der Waals surface area contributed by atoms with Crippen molar-refractivity contribution < 1.29 is 18.1 Å². The lowest BCUT2D eigenvalue weighted by molar-refractivity contribution is -0.385. The molecule has 0 heterocycles. The van der Waals surface area contributed by atoms with Gasteiger partial charge in [0, 0.05) is 18.2 Å². The van der Waals surface area contributed by atoms with Gasteiger partial charge in [-0.1, -0.05) is 30.3 Å². The predicted molar refractivity (Wildman–Crippen MR) is 101 cm³/mol. The third-order valence-corrected chi connectivity index (χ3v) is 5.35. The summed E-state index contributed by atoms with van der Waals surface area (Å²) in [6.45, 7) is 5.09. The average molecular weight is 391 g/mol. The summed E-state index contributed by atoms with van der Waals surface area (Å²) in [7, 11) is -3.79. The summed E-state index contributed by atoms with van der Waals surface area (Å²) in [5.41, 5.74) is -0.693. The molecule has 2 aromatic carbocycles. The van der Waals surface area contributed by atoms with Gasteiger partial charge in [0.05, 0.1) is 9.82 Å². The molecule has 8 nitrogen and oxygen atoms in total. The number of rotatable bonds is 6. The van der Waals surface area contributed by atoms with E-state index < -0.39 is 26.4 Å². The van der Waals surface area contributed by atoms with Crippen LogP contribution in [0, 0.1) is 10.1 Å².